The summed E-state index contributed by atoms with van der Waals surface area (Å²) >= 11 is 0. The molecule has 0 aliphatic carbocycles. The van der Waals surface area contributed by atoms with Gasteiger partial charge in [-0.2, -0.15) is 15.0 Å². The van der Waals surface area contributed by atoms with Gasteiger partial charge in [-0.05, 0) is 17.7 Å². The topological polar surface area (TPSA) is 114 Å². The maximum absolute atomic E-state index is 12.0. The quantitative estimate of drug-likeness (QED) is 0.281. The molecule has 1 aromatic heterocycles. The number of anilines is 3. The highest BCUT2D eigenvalue weighted by molar-refractivity contribution is 5.94. The highest BCUT2D eigenvalue weighted by atomic mass is 16.5. The summed E-state index contributed by atoms with van der Waals surface area (Å²) in [5, 5.41) is 6.10. The van der Waals surface area contributed by atoms with Crippen LogP contribution in [0, 0.1) is 0 Å². The molecule has 208 valence electrons. The van der Waals surface area contributed by atoms with Crippen LogP contribution in [0.2, 0.25) is 0 Å². The van der Waals surface area contributed by atoms with Crippen molar-refractivity contribution in [3.8, 4) is 0 Å². The minimum Gasteiger partial charge on any atom is -0.378 e. The lowest BCUT2D eigenvalue weighted by molar-refractivity contribution is 0.0519. The van der Waals surface area contributed by atoms with Gasteiger partial charge in [0.1, 0.15) is 0 Å². The monoisotopic (exact) mass is 535 g/mol. The molecular weight excluding hydrogens is 498 g/mol. The molecule has 0 spiro atoms. The van der Waals surface area contributed by atoms with Gasteiger partial charge in [0.2, 0.25) is 17.8 Å². The zero-order chi connectivity index (χ0) is 27.1. The smallest absolute Gasteiger partial charge is 0.251 e. The van der Waals surface area contributed by atoms with Gasteiger partial charge in [-0.15, -0.1) is 0 Å². The fourth-order valence-corrected chi connectivity index (χ4v) is 3.92. The lowest BCUT2D eigenvalue weighted by atomic mass is 10.2. The van der Waals surface area contributed by atoms with Crippen LogP contribution in [0.1, 0.15) is 15.9 Å². The molecule has 1 aliphatic rings. The number of morpholine rings is 1. The zero-order valence-corrected chi connectivity index (χ0v) is 22.4. The lowest BCUT2D eigenvalue weighted by Gasteiger charge is -2.28. The second-order valence-corrected chi connectivity index (χ2v) is 8.97. The Bertz CT molecular complexity index is 1130. The Morgan fingerprint density at radius 1 is 0.897 bits per heavy atom. The minimum atomic E-state index is -0.106. The third kappa shape index (κ3) is 9.47. The molecule has 4 rings (SSSR count). The van der Waals surface area contributed by atoms with Gasteiger partial charge in [0, 0.05) is 45.3 Å². The minimum absolute atomic E-state index is 0.106. The number of ether oxygens (including phenoxy) is 3. The molecule has 0 saturated carbocycles. The molecule has 3 aromatic rings. The average Bonchev–Trinajstić information content (AvgIpc) is 2.99. The van der Waals surface area contributed by atoms with Crippen molar-refractivity contribution in [1.82, 2.24) is 20.3 Å². The molecule has 11 heteroatoms. The highest BCUT2D eigenvalue weighted by Gasteiger charge is 2.18. The van der Waals surface area contributed by atoms with Crippen LogP contribution in [-0.2, 0) is 20.8 Å². The number of benzene rings is 2. The van der Waals surface area contributed by atoms with Gasteiger partial charge in [0.15, 0.2) is 0 Å². The van der Waals surface area contributed by atoms with E-state index in [1.807, 2.05) is 48.3 Å². The van der Waals surface area contributed by atoms with Crippen LogP contribution in [0.4, 0.5) is 17.8 Å². The van der Waals surface area contributed by atoms with Crippen molar-refractivity contribution in [3.05, 3.63) is 71.8 Å². The van der Waals surface area contributed by atoms with E-state index < -0.39 is 0 Å². The molecule has 2 heterocycles. The standard InChI is InChI=1S/C28H37N7O4/c1-34(22-23-8-4-2-5-9-23)27-31-26(32-28(33-27)35-14-18-39-19-15-35)30-13-17-38-21-20-37-16-12-29-25(36)24-10-6-3-7-11-24/h2-11H,12-22H2,1H3,(H,29,36)(H,30,31,32,33). The Labute approximate surface area is 229 Å². The molecule has 39 heavy (non-hydrogen) atoms. The molecular formula is C28H37N7O4. The van der Waals surface area contributed by atoms with Gasteiger partial charge in [-0.25, -0.2) is 0 Å². The number of amides is 1. The summed E-state index contributed by atoms with van der Waals surface area (Å²) in [6.07, 6.45) is 0. The zero-order valence-electron chi connectivity index (χ0n) is 22.4. The summed E-state index contributed by atoms with van der Waals surface area (Å²) in [6.45, 7) is 6.26. The van der Waals surface area contributed by atoms with Crippen LogP contribution >= 0.6 is 0 Å². The highest BCUT2D eigenvalue weighted by Crippen LogP contribution is 2.18. The summed E-state index contributed by atoms with van der Waals surface area (Å²) in [5.41, 5.74) is 1.82. The summed E-state index contributed by atoms with van der Waals surface area (Å²) in [4.78, 5) is 30.2. The first-order valence-corrected chi connectivity index (χ1v) is 13.3. The Morgan fingerprint density at radius 2 is 1.56 bits per heavy atom. The molecule has 2 aromatic carbocycles. The maximum atomic E-state index is 12.0. The fraction of sp³-hybridized carbons (Fsp3) is 0.429. The first kappa shape index (κ1) is 28.2. The van der Waals surface area contributed by atoms with Crippen molar-refractivity contribution >= 4 is 23.8 Å². The van der Waals surface area contributed by atoms with E-state index in [-0.39, 0.29) is 5.91 Å². The van der Waals surface area contributed by atoms with Crippen LogP contribution < -0.4 is 20.4 Å². The molecule has 0 bridgehead atoms. The second-order valence-electron chi connectivity index (χ2n) is 8.97. The molecule has 1 fully saturated rings. The molecule has 1 aliphatic heterocycles. The Kier molecular flexibility index (Phi) is 11.3. The molecule has 0 atom stereocenters. The summed E-state index contributed by atoms with van der Waals surface area (Å²) in [7, 11) is 1.98. The van der Waals surface area contributed by atoms with Gasteiger partial charge in [0.25, 0.3) is 5.91 Å². The fourth-order valence-electron chi connectivity index (χ4n) is 3.92. The normalized spacial score (nSPS) is 13.2. The summed E-state index contributed by atoms with van der Waals surface area (Å²) < 4.78 is 16.7. The predicted molar refractivity (Wildman–Crippen MR) is 150 cm³/mol. The van der Waals surface area contributed by atoms with Crippen LogP contribution in [0.3, 0.4) is 0 Å². The Hall–Kier alpha value is -3.80. The largest absolute Gasteiger partial charge is 0.378 e. The molecule has 0 unspecified atom stereocenters. The van der Waals surface area contributed by atoms with Crippen LogP contribution in [0.15, 0.2) is 60.7 Å². The number of hydrogen-bond acceptors (Lipinski definition) is 10. The van der Waals surface area contributed by atoms with Crippen molar-refractivity contribution in [1.29, 1.82) is 0 Å². The summed E-state index contributed by atoms with van der Waals surface area (Å²) in [6, 6.07) is 19.3. The van der Waals surface area contributed by atoms with E-state index >= 15 is 0 Å². The molecule has 1 saturated heterocycles. The molecule has 11 nitrogen and oxygen atoms in total. The number of aromatic nitrogens is 3. The Morgan fingerprint density at radius 3 is 2.28 bits per heavy atom. The third-order valence-corrected chi connectivity index (χ3v) is 5.98. The van der Waals surface area contributed by atoms with E-state index in [1.54, 1.807) is 12.1 Å². The van der Waals surface area contributed by atoms with Crippen LogP contribution in [-0.4, -0.2) is 93.7 Å². The van der Waals surface area contributed by atoms with E-state index in [9.17, 15) is 4.79 Å². The maximum Gasteiger partial charge on any atom is 0.251 e. The number of nitrogens with one attached hydrogen (secondary N) is 2. The van der Waals surface area contributed by atoms with Crippen molar-refractivity contribution in [2.45, 2.75) is 6.54 Å². The van der Waals surface area contributed by atoms with E-state index in [2.05, 4.69) is 37.6 Å². The second kappa shape index (κ2) is 15.6. The van der Waals surface area contributed by atoms with Gasteiger partial charge in [-0.3, -0.25) is 4.79 Å². The molecule has 1 amide bonds. The van der Waals surface area contributed by atoms with Gasteiger partial charge in [-0.1, -0.05) is 48.5 Å². The number of carbonyl (C=O) groups excluding carboxylic acids is 1. The molecule has 0 radical (unpaired) electrons. The van der Waals surface area contributed by atoms with Crippen molar-refractivity contribution in [2.75, 3.05) is 88.0 Å². The lowest BCUT2D eigenvalue weighted by Crippen LogP contribution is -2.38. The van der Waals surface area contributed by atoms with Crippen molar-refractivity contribution < 1.29 is 19.0 Å². The van der Waals surface area contributed by atoms with Crippen LogP contribution in [0.25, 0.3) is 0 Å². The van der Waals surface area contributed by atoms with Gasteiger partial charge in [0.05, 0.1) is 39.6 Å². The number of nitrogens with zero attached hydrogens (tertiary/aromatic N) is 5. The first-order chi connectivity index (χ1) is 19.2. The third-order valence-electron chi connectivity index (χ3n) is 5.98. The van der Waals surface area contributed by atoms with E-state index in [1.165, 1.54) is 5.56 Å². The van der Waals surface area contributed by atoms with Gasteiger partial charge < -0.3 is 34.6 Å². The predicted octanol–water partition coefficient (Wildman–Crippen LogP) is 2.22. The molecule has 2 N–H and O–H groups in total. The number of carbonyl (C=O) groups is 1. The average molecular weight is 536 g/mol. The number of hydrogen-bond donors (Lipinski definition) is 2. The van der Waals surface area contributed by atoms with Crippen LogP contribution in [0.5, 0.6) is 0 Å². The van der Waals surface area contributed by atoms with E-state index in [4.69, 9.17) is 19.2 Å². The van der Waals surface area contributed by atoms with E-state index in [0.717, 1.165) is 13.1 Å². The van der Waals surface area contributed by atoms with Crippen molar-refractivity contribution in [2.24, 2.45) is 0 Å². The Balaban J connectivity index is 1.18. The summed E-state index contributed by atoms with van der Waals surface area (Å²) in [5.74, 6) is 1.65. The van der Waals surface area contributed by atoms with Crippen molar-refractivity contribution in [3.63, 3.8) is 0 Å². The van der Waals surface area contributed by atoms with E-state index in [0.29, 0.717) is 82.7 Å². The SMILES string of the molecule is CN(Cc1ccccc1)c1nc(NCCOCCOCCNC(=O)c2ccccc2)nc(N2CCOCC2)n1. The first-order valence-electron chi connectivity index (χ1n) is 13.3. The number of rotatable bonds is 15. The van der Waals surface area contributed by atoms with Gasteiger partial charge >= 0.3 is 0 Å².